The van der Waals surface area contributed by atoms with Crippen molar-refractivity contribution in [1.29, 1.82) is 0 Å². The third kappa shape index (κ3) is 46.5. The molecule has 0 fully saturated rings. The van der Waals surface area contributed by atoms with Crippen LogP contribution in [0.4, 0.5) is 0 Å². The van der Waals surface area contributed by atoms with E-state index in [1.54, 1.807) is 0 Å². The molecule has 0 aromatic carbocycles. The average Bonchev–Trinajstić information content (AvgIpc) is 3.23. The number of rotatable bonds is 46. The minimum Gasteiger partial charge on any atom is -0.462 e. The molecule has 0 bridgehead atoms. The van der Waals surface area contributed by atoms with Crippen LogP contribution in [0.5, 0.6) is 0 Å². The number of hydrogen-bond donors (Lipinski definition) is 0. The molecule has 1 atom stereocenters. The van der Waals surface area contributed by atoms with E-state index in [1.807, 2.05) is 0 Å². The molecule has 0 saturated carbocycles. The van der Waals surface area contributed by atoms with Gasteiger partial charge in [-0.15, -0.1) is 0 Å². The minimum absolute atomic E-state index is 0.0805. The Bertz CT molecular complexity index is 1000. The van der Waals surface area contributed by atoms with E-state index in [0.29, 0.717) is 19.3 Å². The molecule has 0 aliphatic heterocycles. The second-order valence-corrected chi connectivity index (χ2v) is 17.1. The maximum Gasteiger partial charge on any atom is 0.306 e. The monoisotopic (exact) mass is 829 g/mol. The molecule has 0 heterocycles. The Hall–Kier alpha value is -2.37. The van der Waals surface area contributed by atoms with Crippen molar-refractivity contribution in [1.82, 2.24) is 0 Å². The summed E-state index contributed by atoms with van der Waals surface area (Å²) in [5.41, 5.74) is 0. The van der Waals surface area contributed by atoms with Gasteiger partial charge in [-0.25, -0.2) is 0 Å². The van der Waals surface area contributed by atoms with Crippen LogP contribution in [0.2, 0.25) is 0 Å². The van der Waals surface area contributed by atoms with E-state index in [1.165, 1.54) is 141 Å². The summed E-state index contributed by atoms with van der Waals surface area (Å²) in [6.45, 7) is 6.57. The van der Waals surface area contributed by atoms with Gasteiger partial charge in [0.05, 0.1) is 0 Å². The van der Waals surface area contributed by atoms with Crippen LogP contribution in [-0.4, -0.2) is 37.2 Å². The Morgan fingerprint density at radius 2 is 0.576 bits per heavy atom. The molecule has 59 heavy (non-hydrogen) atoms. The summed E-state index contributed by atoms with van der Waals surface area (Å²) in [4.78, 5) is 37.9. The van der Waals surface area contributed by atoms with Gasteiger partial charge in [-0.05, 0) is 89.9 Å². The van der Waals surface area contributed by atoms with Crippen LogP contribution in [0.15, 0.2) is 36.5 Å². The molecule has 0 radical (unpaired) electrons. The summed E-state index contributed by atoms with van der Waals surface area (Å²) in [6.07, 6.45) is 55.5. The zero-order valence-corrected chi connectivity index (χ0v) is 39.3. The first-order valence-corrected chi connectivity index (χ1v) is 25.5. The molecule has 0 aromatic heterocycles. The van der Waals surface area contributed by atoms with Crippen molar-refractivity contribution in [3.8, 4) is 0 Å². The number of hydrogen-bond acceptors (Lipinski definition) is 6. The summed E-state index contributed by atoms with van der Waals surface area (Å²) in [7, 11) is 0. The van der Waals surface area contributed by atoms with Crippen molar-refractivity contribution < 1.29 is 28.6 Å². The van der Waals surface area contributed by atoms with E-state index in [-0.39, 0.29) is 31.1 Å². The van der Waals surface area contributed by atoms with Gasteiger partial charge in [0.2, 0.25) is 0 Å². The van der Waals surface area contributed by atoms with Gasteiger partial charge in [-0.1, -0.05) is 192 Å². The van der Waals surface area contributed by atoms with Gasteiger partial charge in [0.25, 0.3) is 0 Å². The molecule has 0 N–H and O–H groups in total. The standard InChI is InChI=1S/C53H96O6/c1-4-7-10-13-16-19-22-24-26-28-29-31-34-37-40-43-46-52(55)58-49-50(48-57-51(54)45-42-39-36-33-21-18-15-12-9-6-3)59-53(56)47-44-41-38-35-32-30-27-25-23-20-17-14-11-8-5-2/h15,18,20,23,26,28,50H,4-14,16-17,19,21-22,24-25,27,29-49H2,1-3H3/b18-15-,23-20-,28-26-. The third-order valence-corrected chi connectivity index (χ3v) is 11.1. The molecule has 0 amide bonds. The van der Waals surface area contributed by atoms with Crippen molar-refractivity contribution in [2.45, 2.75) is 271 Å². The van der Waals surface area contributed by atoms with E-state index in [4.69, 9.17) is 14.2 Å². The largest absolute Gasteiger partial charge is 0.462 e. The first-order chi connectivity index (χ1) is 29.0. The van der Waals surface area contributed by atoms with E-state index in [2.05, 4.69) is 57.2 Å². The summed E-state index contributed by atoms with van der Waals surface area (Å²) in [5.74, 6) is -0.900. The lowest BCUT2D eigenvalue weighted by molar-refractivity contribution is -0.167. The Kier molecular flexibility index (Phi) is 46.4. The van der Waals surface area contributed by atoms with Gasteiger partial charge < -0.3 is 14.2 Å². The van der Waals surface area contributed by atoms with Gasteiger partial charge >= 0.3 is 17.9 Å². The van der Waals surface area contributed by atoms with E-state index >= 15 is 0 Å². The molecule has 0 spiro atoms. The Labute approximate surface area is 365 Å². The number of ether oxygens (including phenoxy) is 3. The molecule has 0 saturated heterocycles. The zero-order valence-electron chi connectivity index (χ0n) is 39.3. The van der Waals surface area contributed by atoms with Crippen LogP contribution in [0, 0.1) is 0 Å². The van der Waals surface area contributed by atoms with Crippen molar-refractivity contribution in [2.75, 3.05) is 13.2 Å². The maximum atomic E-state index is 12.8. The Balaban J connectivity index is 4.35. The quantitative estimate of drug-likeness (QED) is 0.0263. The molecular weight excluding hydrogens is 733 g/mol. The molecule has 6 heteroatoms. The number of unbranched alkanes of at least 4 members (excludes halogenated alkanes) is 29. The van der Waals surface area contributed by atoms with Crippen molar-refractivity contribution in [3.63, 3.8) is 0 Å². The molecule has 6 nitrogen and oxygen atoms in total. The van der Waals surface area contributed by atoms with E-state index in [0.717, 1.165) is 83.5 Å². The second-order valence-electron chi connectivity index (χ2n) is 17.1. The van der Waals surface area contributed by atoms with Gasteiger partial charge in [-0.3, -0.25) is 14.4 Å². The van der Waals surface area contributed by atoms with Crippen LogP contribution in [0.1, 0.15) is 265 Å². The average molecular weight is 829 g/mol. The Morgan fingerprint density at radius 1 is 0.322 bits per heavy atom. The summed E-state index contributed by atoms with van der Waals surface area (Å²) in [6, 6.07) is 0. The second kappa shape index (κ2) is 48.3. The first kappa shape index (κ1) is 56.6. The fourth-order valence-corrected chi connectivity index (χ4v) is 7.18. The summed E-state index contributed by atoms with van der Waals surface area (Å²) < 4.78 is 16.7. The number of allylic oxidation sites excluding steroid dienone is 6. The predicted molar refractivity (Wildman–Crippen MR) is 252 cm³/mol. The topological polar surface area (TPSA) is 78.9 Å². The van der Waals surface area contributed by atoms with E-state index < -0.39 is 6.10 Å². The number of esters is 3. The van der Waals surface area contributed by atoms with Crippen LogP contribution in [-0.2, 0) is 28.6 Å². The fraction of sp³-hybridized carbons (Fsp3) is 0.830. The highest BCUT2D eigenvalue weighted by atomic mass is 16.6. The lowest BCUT2D eigenvalue weighted by Gasteiger charge is -2.18. The predicted octanol–water partition coefficient (Wildman–Crippen LogP) is 16.5. The third-order valence-electron chi connectivity index (χ3n) is 11.1. The van der Waals surface area contributed by atoms with Gasteiger partial charge in [0.1, 0.15) is 13.2 Å². The highest BCUT2D eigenvalue weighted by Crippen LogP contribution is 2.14. The van der Waals surface area contributed by atoms with Gasteiger partial charge in [0.15, 0.2) is 6.10 Å². The lowest BCUT2D eigenvalue weighted by Crippen LogP contribution is -2.30. The smallest absolute Gasteiger partial charge is 0.306 e. The fourth-order valence-electron chi connectivity index (χ4n) is 7.18. The van der Waals surface area contributed by atoms with Crippen molar-refractivity contribution >= 4 is 17.9 Å². The normalized spacial score (nSPS) is 12.3. The first-order valence-electron chi connectivity index (χ1n) is 25.5. The highest BCUT2D eigenvalue weighted by molar-refractivity contribution is 5.71. The number of carbonyl (C=O) groups excluding carboxylic acids is 3. The molecule has 0 aromatic rings. The Morgan fingerprint density at radius 3 is 0.915 bits per heavy atom. The van der Waals surface area contributed by atoms with Crippen LogP contribution in [0.25, 0.3) is 0 Å². The molecule has 0 aliphatic rings. The van der Waals surface area contributed by atoms with Crippen molar-refractivity contribution in [3.05, 3.63) is 36.5 Å². The van der Waals surface area contributed by atoms with Crippen molar-refractivity contribution in [2.24, 2.45) is 0 Å². The SMILES string of the molecule is CCCC/C=C\CCCCCCC(=O)OCC(COC(=O)CCCCCCC/C=C\CCCCCCCCC)OC(=O)CCCCCCCCC/C=C\CCCCCC. The van der Waals surface area contributed by atoms with Gasteiger partial charge in [0, 0.05) is 19.3 Å². The van der Waals surface area contributed by atoms with Crippen LogP contribution < -0.4 is 0 Å². The zero-order chi connectivity index (χ0) is 43.0. The van der Waals surface area contributed by atoms with Crippen LogP contribution >= 0.6 is 0 Å². The molecular formula is C53H96O6. The van der Waals surface area contributed by atoms with Crippen LogP contribution in [0.3, 0.4) is 0 Å². The maximum absolute atomic E-state index is 12.8. The van der Waals surface area contributed by atoms with E-state index in [9.17, 15) is 14.4 Å². The number of carbonyl (C=O) groups is 3. The van der Waals surface area contributed by atoms with Gasteiger partial charge in [-0.2, -0.15) is 0 Å². The molecule has 0 rings (SSSR count). The summed E-state index contributed by atoms with van der Waals surface area (Å²) in [5, 5.41) is 0. The summed E-state index contributed by atoms with van der Waals surface area (Å²) >= 11 is 0. The minimum atomic E-state index is -0.779. The lowest BCUT2D eigenvalue weighted by atomic mass is 10.1. The molecule has 1 unspecified atom stereocenters. The molecule has 0 aliphatic carbocycles. The molecule has 344 valence electrons. The highest BCUT2D eigenvalue weighted by Gasteiger charge is 2.19.